The van der Waals surface area contributed by atoms with Gasteiger partial charge in [-0.25, -0.2) is 0 Å². The van der Waals surface area contributed by atoms with Crippen LogP contribution < -0.4 is 10.1 Å². The molecule has 1 atom stereocenters. The predicted octanol–water partition coefficient (Wildman–Crippen LogP) is 5.17. The lowest BCUT2D eigenvalue weighted by Gasteiger charge is -2.17. The lowest BCUT2D eigenvalue weighted by atomic mass is 10.1. The standard InChI is InChI=1S/C21H19NO2S/c1-24-18-12-8-11-17(15-18)22-21(23)20(16-9-4-2-5-10-16)25-19-13-6-3-7-14-19/h2-15,20H,1H3,(H,22,23)/t20-/m0/s1. The third-order valence-electron chi connectivity index (χ3n) is 3.67. The van der Waals surface area contributed by atoms with E-state index in [1.807, 2.05) is 84.9 Å². The molecule has 0 aliphatic heterocycles. The molecule has 0 saturated carbocycles. The van der Waals surface area contributed by atoms with Crippen molar-refractivity contribution < 1.29 is 9.53 Å². The third kappa shape index (κ3) is 4.64. The maximum absolute atomic E-state index is 12.9. The second kappa shape index (κ2) is 8.40. The zero-order valence-corrected chi connectivity index (χ0v) is 14.7. The highest BCUT2D eigenvalue weighted by Crippen LogP contribution is 2.36. The van der Waals surface area contributed by atoms with Crippen molar-refractivity contribution >= 4 is 23.4 Å². The van der Waals surface area contributed by atoms with Crippen LogP contribution in [0, 0.1) is 0 Å². The number of thioether (sulfide) groups is 1. The number of anilines is 1. The highest BCUT2D eigenvalue weighted by atomic mass is 32.2. The second-order valence-corrected chi connectivity index (χ2v) is 6.62. The number of rotatable bonds is 6. The van der Waals surface area contributed by atoms with Gasteiger partial charge in [-0.05, 0) is 29.8 Å². The summed E-state index contributed by atoms with van der Waals surface area (Å²) in [5.41, 5.74) is 1.69. The summed E-state index contributed by atoms with van der Waals surface area (Å²) < 4.78 is 5.22. The van der Waals surface area contributed by atoms with Gasteiger partial charge < -0.3 is 10.1 Å². The summed E-state index contributed by atoms with van der Waals surface area (Å²) in [6, 6.07) is 27.1. The Morgan fingerprint density at radius 2 is 1.60 bits per heavy atom. The van der Waals surface area contributed by atoms with Gasteiger partial charge in [-0.2, -0.15) is 0 Å². The first kappa shape index (κ1) is 17.1. The van der Waals surface area contributed by atoms with Crippen LogP contribution in [0.1, 0.15) is 10.8 Å². The highest BCUT2D eigenvalue weighted by molar-refractivity contribution is 8.00. The van der Waals surface area contributed by atoms with Crippen molar-refractivity contribution in [1.29, 1.82) is 0 Å². The van der Waals surface area contributed by atoms with Crippen LogP contribution in [0.15, 0.2) is 89.8 Å². The van der Waals surface area contributed by atoms with Crippen molar-refractivity contribution in [3.05, 3.63) is 90.5 Å². The van der Waals surface area contributed by atoms with Crippen molar-refractivity contribution in [2.24, 2.45) is 0 Å². The van der Waals surface area contributed by atoms with E-state index in [1.54, 1.807) is 7.11 Å². The van der Waals surface area contributed by atoms with Crippen molar-refractivity contribution in [3.63, 3.8) is 0 Å². The molecule has 0 spiro atoms. The van der Waals surface area contributed by atoms with Gasteiger partial charge in [0, 0.05) is 16.6 Å². The Balaban J connectivity index is 1.84. The maximum Gasteiger partial charge on any atom is 0.242 e. The van der Waals surface area contributed by atoms with E-state index in [1.165, 1.54) is 11.8 Å². The molecule has 0 bridgehead atoms. The zero-order valence-electron chi connectivity index (χ0n) is 13.9. The second-order valence-electron chi connectivity index (χ2n) is 5.44. The molecule has 3 aromatic rings. The smallest absolute Gasteiger partial charge is 0.242 e. The molecular weight excluding hydrogens is 330 g/mol. The Morgan fingerprint density at radius 3 is 2.28 bits per heavy atom. The monoisotopic (exact) mass is 349 g/mol. The lowest BCUT2D eigenvalue weighted by molar-refractivity contribution is -0.115. The molecule has 3 rings (SSSR count). The van der Waals surface area contributed by atoms with Gasteiger partial charge in [0.05, 0.1) is 7.11 Å². The Morgan fingerprint density at radius 1 is 0.920 bits per heavy atom. The molecule has 1 N–H and O–H groups in total. The topological polar surface area (TPSA) is 38.3 Å². The van der Waals surface area contributed by atoms with E-state index in [-0.39, 0.29) is 11.2 Å². The van der Waals surface area contributed by atoms with E-state index in [0.29, 0.717) is 5.75 Å². The average Bonchev–Trinajstić information content (AvgIpc) is 2.67. The molecule has 25 heavy (non-hydrogen) atoms. The van der Waals surface area contributed by atoms with Crippen molar-refractivity contribution in [2.75, 3.05) is 12.4 Å². The number of amides is 1. The summed E-state index contributed by atoms with van der Waals surface area (Å²) in [6.45, 7) is 0. The first-order valence-corrected chi connectivity index (χ1v) is 8.86. The molecule has 1 amide bonds. The van der Waals surface area contributed by atoms with Crippen LogP contribution in [0.4, 0.5) is 5.69 Å². The number of nitrogens with one attached hydrogen (secondary N) is 1. The molecule has 3 nitrogen and oxygen atoms in total. The Bertz CT molecular complexity index is 822. The summed E-state index contributed by atoms with van der Waals surface area (Å²) in [6.07, 6.45) is 0. The maximum atomic E-state index is 12.9. The van der Waals surface area contributed by atoms with E-state index in [9.17, 15) is 4.79 Å². The molecular formula is C21H19NO2S. The minimum absolute atomic E-state index is 0.0618. The van der Waals surface area contributed by atoms with Crippen LogP contribution in [0.3, 0.4) is 0 Å². The van der Waals surface area contributed by atoms with E-state index < -0.39 is 0 Å². The molecule has 0 heterocycles. The SMILES string of the molecule is COc1cccc(NC(=O)[C@@H](Sc2ccccc2)c2ccccc2)c1. The van der Waals surface area contributed by atoms with Gasteiger partial charge in [0.1, 0.15) is 11.0 Å². The molecule has 0 saturated heterocycles. The van der Waals surface area contributed by atoms with Crippen LogP contribution >= 0.6 is 11.8 Å². The Kier molecular flexibility index (Phi) is 5.75. The zero-order chi connectivity index (χ0) is 17.5. The molecule has 0 aliphatic carbocycles. The predicted molar refractivity (Wildman–Crippen MR) is 103 cm³/mol. The quantitative estimate of drug-likeness (QED) is 0.624. The summed E-state index contributed by atoms with van der Waals surface area (Å²) in [4.78, 5) is 14.0. The fourth-order valence-corrected chi connectivity index (χ4v) is 3.49. The molecule has 3 aromatic carbocycles. The van der Waals surface area contributed by atoms with Crippen LogP contribution in [0.25, 0.3) is 0 Å². The number of hydrogen-bond acceptors (Lipinski definition) is 3. The van der Waals surface area contributed by atoms with Crippen molar-refractivity contribution in [3.8, 4) is 5.75 Å². The first-order chi connectivity index (χ1) is 12.3. The van der Waals surface area contributed by atoms with Crippen LogP contribution in [0.5, 0.6) is 5.75 Å². The van der Waals surface area contributed by atoms with E-state index in [0.717, 1.165) is 16.1 Å². The van der Waals surface area contributed by atoms with Gasteiger partial charge in [-0.1, -0.05) is 54.6 Å². The normalized spacial score (nSPS) is 11.6. The number of carbonyl (C=O) groups excluding carboxylic acids is 1. The summed E-state index contributed by atoms with van der Waals surface area (Å²) in [5.74, 6) is 0.651. The third-order valence-corrected chi connectivity index (χ3v) is 4.94. The van der Waals surface area contributed by atoms with Gasteiger partial charge >= 0.3 is 0 Å². The molecule has 4 heteroatoms. The van der Waals surface area contributed by atoms with Gasteiger partial charge in [-0.3, -0.25) is 4.79 Å². The van der Waals surface area contributed by atoms with Gasteiger partial charge in [0.2, 0.25) is 5.91 Å². The fraction of sp³-hybridized carbons (Fsp3) is 0.0952. The van der Waals surface area contributed by atoms with E-state index in [4.69, 9.17) is 4.74 Å². The van der Waals surface area contributed by atoms with E-state index in [2.05, 4.69) is 5.32 Å². The number of methoxy groups -OCH3 is 1. The summed E-state index contributed by atoms with van der Waals surface area (Å²) in [5, 5.41) is 2.66. The molecule has 0 aliphatic rings. The lowest BCUT2D eigenvalue weighted by Crippen LogP contribution is -2.19. The largest absolute Gasteiger partial charge is 0.497 e. The van der Waals surface area contributed by atoms with E-state index >= 15 is 0 Å². The van der Waals surface area contributed by atoms with Crippen LogP contribution in [-0.4, -0.2) is 13.0 Å². The average molecular weight is 349 g/mol. The van der Waals surface area contributed by atoms with Crippen LogP contribution in [-0.2, 0) is 4.79 Å². The Labute approximate surface area is 152 Å². The molecule has 0 aromatic heterocycles. The minimum atomic E-state index is -0.338. The highest BCUT2D eigenvalue weighted by Gasteiger charge is 2.22. The number of carbonyl (C=O) groups is 1. The summed E-state index contributed by atoms with van der Waals surface area (Å²) >= 11 is 1.54. The first-order valence-electron chi connectivity index (χ1n) is 7.98. The van der Waals surface area contributed by atoms with Gasteiger partial charge in [0.25, 0.3) is 0 Å². The minimum Gasteiger partial charge on any atom is -0.497 e. The summed E-state index contributed by atoms with van der Waals surface area (Å²) in [7, 11) is 1.61. The fourth-order valence-electron chi connectivity index (χ4n) is 2.44. The molecule has 0 unspecified atom stereocenters. The molecule has 0 radical (unpaired) electrons. The van der Waals surface area contributed by atoms with Crippen LogP contribution in [0.2, 0.25) is 0 Å². The Hall–Kier alpha value is -2.72. The molecule has 0 fully saturated rings. The van der Waals surface area contributed by atoms with Crippen molar-refractivity contribution in [1.82, 2.24) is 0 Å². The van der Waals surface area contributed by atoms with Gasteiger partial charge in [-0.15, -0.1) is 11.8 Å². The molecule has 126 valence electrons. The van der Waals surface area contributed by atoms with Crippen molar-refractivity contribution in [2.45, 2.75) is 10.1 Å². The number of benzene rings is 3. The number of hydrogen-bond donors (Lipinski definition) is 1. The van der Waals surface area contributed by atoms with Gasteiger partial charge in [0.15, 0.2) is 0 Å². The number of ether oxygens (including phenoxy) is 1.